The second-order valence-corrected chi connectivity index (χ2v) is 15.2. The Labute approximate surface area is 327 Å². The summed E-state index contributed by atoms with van der Waals surface area (Å²) >= 11 is 1.95. The lowest BCUT2D eigenvalue weighted by Crippen LogP contribution is -2.28. The Balaban J connectivity index is 1.36. The van der Waals surface area contributed by atoms with E-state index in [0.717, 1.165) is 37.9 Å². The van der Waals surface area contributed by atoms with Gasteiger partial charge in [-0.3, -0.25) is 0 Å². The second-order valence-electron chi connectivity index (χ2n) is 14.1. The number of hydrogen-bond donors (Lipinski definition) is 0. The molecule has 1 unspecified atom stereocenters. The highest BCUT2D eigenvalue weighted by Gasteiger charge is 2.36. The van der Waals surface area contributed by atoms with E-state index in [9.17, 15) is 0 Å². The molecule has 54 heavy (non-hydrogen) atoms. The third-order valence-corrected chi connectivity index (χ3v) is 11.7. The van der Waals surface area contributed by atoms with Gasteiger partial charge in [0.1, 0.15) is 0 Å². The van der Waals surface area contributed by atoms with Crippen LogP contribution in [0.25, 0.3) is 23.8 Å². The quantitative estimate of drug-likeness (QED) is 0.148. The van der Waals surface area contributed by atoms with E-state index in [-0.39, 0.29) is 11.5 Å². The maximum atomic E-state index is 2.53. The topological polar surface area (TPSA) is 4.93 Å². The zero-order valence-electron chi connectivity index (χ0n) is 31.7. The number of allylic oxidation sites excluding steroid dienone is 16. The molecule has 1 nitrogen and oxygen atoms in total. The van der Waals surface area contributed by atoms with Crippen LogP contribution in [0.5, 0.6) is 0 Å². The van der Waals surface area contributed by atoms with Crippen molar-refractivity contribution in [3.05, 3.63) is 221 Å². The fourth-order valence-electron chi connectivity index (χ4n) is 8.12. The van der Waals surface area contributed by atoms with Crippen molar-refractivity contribution in [3.8, 4) is 0 Å². The molecule has 0 saturated carbocycles. The number of rotatable bonds is 10. The van der Waals surface area contributed by atoms with E-state index in [1.54, 1.807) is 0 Å². The van der Waals surface area contributed by atoms with Crippen LogP contribution in [0.4, 0.5) is 0 Å². The zero-order chi connectivity index (χ0) is 37.0. The van der Waals surface area contributed by atoms with Gasteiger partial charge < -0.3 is 4.57 Å². The lowest BCUT2D eigenvalue weighted by Gasteiger charge is -2.37. The minimum Gasteiger partial charge on any atom is -0.330 e. The molecule has 3 aliphatic rings. The minimum atomic E-state index is -0.258. The average molecular weight is 722 g/mol. The largest absolute Gasteiger partial charge is 0.330 e. The van der Waals surface area contributed by atoms with Crippen LogP contribution in [0.1, 0.15) is 83.4 Å². The lowest BCUT2D eigenvalue weighted by atomic mass is 9.68. The highest BCUT2D eigenvalue weighted by molar-refractivity contribution is 7.99. The number of aromatic nitrogens is 1. The van der Waals surface area contributed by atoms with E-state index in [2.05, 4.69) is 213 Å². The first kappa shape index (κ1) is 37.0. The van der Waals surface area contributed by atoms with Crippen LogP contribution in [-0.4, -0.2) is 10.3 Å². The molecule has 0 amide bonds. The molecule has 0 radical (unpaired) electrons. The van der Waals surface area contributed by atoms with Crippen molar-refractivity contribution in [2.45, 2.75) is 62.3 Å². The van der Waals surface area contributed by atoms with Gasteiger partial charge in [-0.05, 0) is 90.6 Å². The van der Waals surface area contributed by atoms with Gasteiger partial charge in [-0.2, -0.15) is 0 Å². The Kier molecular flexibility index (Phi) is 12.4. The van der Waals surface area contributed by atoms with Gasteiger partial charge in [0.15, 0.2) is 0 Å². The molecule has 2 heterocycles. The predicted octanol–water partition coefficient (Wildman–Crippen LogP) is 14.0. The Morgan fingerprint density at radius 2 is 1.52 bits per heavy atom. The van der Waals surface area contributed by atoms with Crippen molar-refractivity contribution < 1.29 is 0 Å². The Bertz CT molecular complexity index is 2210. The summed E-state index contributed by atoms with van der Waals surface area (Å²) in [4.78, 5) is 1.36. The molecule has 2 aliphatic carbocycles. The molecule has 0 spiro atoms. The molecule has 1 aromatic heterocycles. The summed E-state index contributed by atoms with van der Waals surface area (Å²) in [6.07, 6.45) is 48.0. The lowest BCUT2D eigenvalue weighted by molar-refractivity contribution is 0.516. The molecule has 3 aromatic carbocycles. The average Bonchev–Trinajstić information content (AvgIpc) is 3.32. The summed E-state index contributed by atoms with van der Waals surface area (Å²) < 4.78 is 2.53. The summed E-state index contributed by atoms with van der Waals surface area (Å²) in [6.45, 7) is 4.45. The Morgan fingerprint density at radius 3 is 2.33 bits per heavy atom. The zero-order valence-corrected chi connectivity index (χ0v) is 32.5. The van der Waals surface area contributed by atoms with Crippen LogP contribution >= 0.6 is 11.8 Å². The number of benzene rings is 3. The number of thioether (sulfide) groups is 1. The maximum Gasteiger partial charge on any atom is 0.0712 e. The van der Waals surface area contributed by atoms with E-state index in [1.807, 2.05) is 11.8 Å². The third-order valence-electron chi connectivity index (χ3n) is 10.7. The fraction of sp³-hybridized carbons (Fsp3) is 0.192. The monoisotopic (exact) mass is 721 g/mol. The summed E-state index contributed by atoms with van der Waals surface area (Å²) in [5.41, 5.74) is 11.7. The molecular weight excluding hydrogens is 671 g/mol. The molecule has 0 N–H and O–H groups in total. The van der Waals surface area contributed by atoms with Gasteiger partial charge in [-0.15, -0.1) is 11.8 Å². The molecule has 0 fully saturated rings. The van der Waals surface area contributed by atoms with Crippen LogP contribution < -0.4 is 0 Å². The van der Waals surface area contributed by atoms with Crippen LogP contribution in [0.3, 0.4) is 0 Å². The predicted molar refractivity (Wildman–Crippen MR) is 237 cm³/mol. The smallest absolute Gasteiger partial charge is 0.0712 e. The van der Waals surface area contributed by atoms with E-state index in [0.29, 0.717) is 0 Å². The Morgan fingerprint density at radius 1 is 0.759 bits per heavy atom. The molecule has 4 aromatic rings. The van der Waals surface area contributed by atoms with Crippen LogP contribution in [0.15, 0.2) is 181 Å². The molecule has 7 rings (SSSR count). The first-order valence-corrected chi connectivity index (χ1v) is 20.5. The van der Waals surface area contributed by atoms with E-state index in [1.165, 1.54) is 55.2 Å². The van der Waals surface area contributed by atoms with Gasteiger partial charge in [-0.1, -0.05) is 183 Å². The number of nitrogens with zero attached hydrogens (tertiary/aromatic N) is 1. The van der Waals surface area contributed by atoms with Crippen LogP contribution in [-0.2, 0) is 11.8 Å². The molecule has 1 aliphatic heterocycles. The molecule has 0 saturated heterocycles. The third kappa shape index (κ3) is 8.25. The van der Waals surface area contributed by atoms with Crippen molar-refractivity contribution in [1.29, 1.82) is 0 Å². The molecular formula is C52H51NS. The van der Waals surface area contributed by atoms with E-state index >= 15 is 0 Å². The highest BCUT2D eigenvalue weighted by atomic mass is 32.2. The summed E-state index contributed by atoms with van der Waals surface area (Å²) in [7, 11) is 0. The molecule has 270 valence electrons. The van der Waals surface area contributed by atoms with Crippen molar-refractivity contribution in [1.82, 2.24) is 4.57 Å². The SMILES string of the molecule is CC/C=C/C=C/C=C\c1c(/C=C\CC2(c3ccccc3C)C/C=C\C(c3ccccc3)=C/CSc3ccccc32)c2c(n1C1C=CC=CC=C1)C=CCC2. The van der Waals surface area contributed by atoms with E-state index < -0.39 is 0 Å². The second kappa shape index (κ2) is 18.1. The first-order valence-electron chi connectivity index (χ1n) is 19.5. The summed E-state index contributed by atoms with van der Waals surface area (Å²) in [5, 5.41) is 0. The summed E-state index contributed by atoms with van der Waals surface area (Å²) in [6, 6.07) is 29.1. The summed E-state index contributed by atoms with van der Waals surface area (Å²) in [5.74, 6) is 0.913. The Hall–Kier alpha value is -5.31. The van der Waals surface area contributed by atoms with Gasteiger partial charge in [0.2, 0.25) is 0 Å². The normalized spacial score (nSPS) is 20.4. The van der Waals surface area contributed by atoms with Crippen LogP contribution in [0.2, 0.25) is 0 Å². The number of aryl methyl sites for hydroxylation is 1. The van der Waals surface area contributed by atoms with Crippen molar-refractivity contribution >= 4 is 35.6 Å². The molecule has 2 heteroatoms. The fourth-order valence-corrected chi connectivity index (χ4v) is 9.15. The van der Waals surface area contributed by atoms with Gasteiger partial charge in [0.25, 0.3) is 0 Å². The first-order chi connectivity index (χ1) is 26.7. The molecule has 1 atom stereocenters. The highest BCUT2D eigenvalue weighted by Crippen LogP contribution is 2.46. The van der Waals surface area contributed by atoms with Crippen molar-refractivity contribution in [3.63, 3.8) is 0 Å². The van der Waals surface area contributed by atoms with Crippen molar-refractivity contribution in [2.24, 2.45) is 0 Å². The van der Waals surface area contributed by atoms with Gasteiger partial charge >= 0.3 is 0 Å². The van der Waals surface area contributed by atoms with Crippen LogP contribution in [0, 0.1) is 6.92 Å². The van der Waals surface area contributed by atoms with Gasteiger partial charge in [0.05, 0.1) is 6.04 Å². The van der Waals surface area contributed by atoms with E-state index in [4.69, 9.17) is 0 Å². The minimum absolute atomic E-state index is 0.125. The number of hydrogen-bond acceptors (Lipinski definition) is 1. The van der Waals surface area contributed by atoms with Gasteiger partial charge in [0, 0.05) is 33.0 Å². The van der Waals surface area contributed by atoms with Gasteiger partial charge in [-0.25, -0.2) is 0 Å². The molecule has 0 bridgehead atoms. The standard InChI is InChI=1S/C52H51NS/c1-3-4-5-6-7-15-34-49-46(45-30-17-20-35-50(45)53(49)44-28-13-8-9-14-29-44)31-23-39-52(47-32-18-16-24-41(47)2)38-22-27-43(42-25-11-10-12-26-42)37-40-54-51-36-21-19-33-48(51)52/h4-16,18-29,31-37,44H,3,17,30,38-40H2,1-2H3/b5-4+,7-6+,27-22-,31-23-,34-15-,43-37+. The van der Waals surface area contributed by atoms with Crippen molar-refractivity contribution in [2.75, 3.05) is 5.75 Å². The maximum absolute atomic E-state index is 2.53. The number of fused-ring (bicyclic) bond motifs is 2.